The van der Waals surface area contributed by atoms with E-state index < -0.39 is 11.9 Å². The second-order valence-corrected chi connectivity index (χ2v) is 2.43. The van der Waals surface area contributed by atoms with Gasteiger partial charge in [0, 0.05) is 6.20 Å². The third-order valence-electron chi connectivity index (χ3n) is 1.37. The van der Waals surface area contributed by atoms with Crippen molar-refractivity contribution in [2.75, 3.05) is 0 Å². The van der Waals surface area contributed by atoms with E-state index in [0.29, 0.717) is 0 Å². The van der Waals surface area contributed by atoms with E-state index in [1.165, 1.54) is 13.0 Å². The lowest BCUT2D eigenvalue weighted by Crippen LogP contribution is -2.14. The van der Waals surface area contributed by atoms with Crippen molar-refractivity contribution in [3.63, 3.8) is 0 Å². The standard InChI is InChI=1S/C7H5BF3N/c1-4-2-5(8)3-12-6(4)7(9,10)11/h2-3H,1H3. The summed E-state index contributed by atoms with van der Waals surface area (Å²) in [6, 6.07) is 1.25. The van der Waals surface area contributed by atoms with Crippen molar-refractivity contribution in [1.29, 1.82) is 0 Å². The summed E-state index contributed by atoms with van der Waals surface area (Å²) in [5, 5.41) is 0. The smallest absolute Gasteiger partial charge is 0.252 e. The molecule has 0 atom stereocenters. The van der Waals surface area contributed by atoms with Gasteiger partial charge in [0.1, 0.15) is 13.5 Å². The summed E-state index contributed by atoms with van der Waals surface area (Å²) in [5.74, 6) is 0. The monoisotopic (exact) mass is 171 g/mol. The molecule has 1 heterocycles. The Hall–Kier alpha value is -0.995. The number of halogens is 3. The zero-order chi connectivity index (χ0) is 9.35. The molecule has 0 fully saturated rings. The Morgan fingerprint density at radius 2 is 2.00 bits per heavy atom. The molecule has 0 aliphatic rings. The van der Waals surface area contributed by atoms with Crippen molar-refractivity contribution in [3.8, 4) is 0 Å². The van der Waals surface area contributed by atoms with Crippen LogP contribution in [0.15, 0.2) is 12.3 Å². The van der Waals surface area contributed by atoms with Gasteiger partial charge in [0.25, 0.3) is 0 Å². The van der Waals surface area contributed by atoms with Crippen molar-refractivity contribution in [2.24, 2.45) is 0 Å². The molecule has 0 aromatic carbocycles. The topological polar surface area (TPSA) is 12.9 Å². The average Bonchev–Trinajstić information content (AvgIpc) is 1.83. The highest BCUT2D eigenvalue weighted by Gasteiger charge is 2.33. The van der Waals surface area contributed by atoms with Crippen LogP contribution in [0.5, 0.6) is 0 Å². The lowest BCUT2D eigenvalue weighted by atomic mass is 9.96. The minimum atomic E-state index is -4.39. The highest BCUT2D eigenvalue weighted by Crippen LogP contribution is 2.28. The number of aryl methyl sites for hydroxylation is 1. The molecule has 1 aromatic rings. The van der Waals surface area contributed by atoms with E-state index >= 15 is 0 Å². The van der Waals surface area contributed by atoms with Gasteiger partial charge in [-0.05, 0) is 12.5 Å². The fourth-order valence-corrected chi connectivity index (χ4v) is 0.893. The molecule has 0 N–H and O–H groups in total. The van der Waals surface area contributed by atoms with E-state index in [1.807, 2.05) is 0 Å². The number of alkyl halides is 3. The molecule has 0 saturated heterocycles. The maximum Gasteiger partial charge on any atom is 0.433 e. The SMILES string of the molecule is [B]c1cnc(C(F)(F)F)c(C)c1. The molecule has 1 rings (SSSR count). The Labute approximate surface area is 69.0 Å². The molecule has 0 aliphatic carbocycles. The van der Waals surface area contributed by atoms with Gasteiger partial charge in [-0.3, -0.25) is 4.98 Å². The minimum absolute atomic E-state index is 0.0440. The average molecular weight is 171 g/mol. The van der Waals surface area contributed by atoms with Gasteiger partial charge in [0.2, 0.25) is 0 Å². The van der Waals surface area contributed by atoms with Crippen molar-refractivity contribution >= 4 is 13.3 Å². The van der Waals surface area contributed by atoms with Crippen molar-refractivity contribution < 1.29 is 13.2 Å². The summed E-state index contributed by atoms with van der Waals surface area (Å²) in [6.45, 7) is 1.33. The van der Waals surface area contributed by atoms with Gasteiger partial charge in [-0.25, -0.2) is 0 Å². The van der Waals surface area contributed by atoms with E-state index in [4.69, 9.17) is 7.85 Å². The van der Waals surface area contributed by atoms with Gasteiger partial charge in [0.15, 0.2) is 0 Å². The van der Waals surface area contributed by atoms with E-state index in [9.17, 15) is 13.2 Å². The number of hydrogen-bond donors (Lipinski definition) is 0. The zero-order valence-corrected chi connectivity index (χ0v) is 6.31. The van der Waals surface area contributed by atoms with Crippen LogP contribution in [0.3, 0.4) is 0 Å². The van der Waals surface area contributed by atoms with Gasteiger partial charge < -0.3 is 0 Å². The van der Waals surface area contributed by atoms with Crippen LogP contribution < -0.4 is 5.46 Å². The Morgan fingerprint density at radius 3 is 2.42 bits per heavy atom. The molecule has 0 saturated carbocycles. The van der Waals surface area contributed by atoms with Crippen LogP contribution in [0.2, 0.25) is 0 Å². The summed E-state index contributed by atoms with van der Waals surface area (Å²) >= 11 is 0. The normalized spacial score (nSPS) is 11.7. The molecule has 0 spiro atoms. The first kappa shape index (κ1) is 9.10. The lowest BCUT2D eigenvalue weighted by Gasteiger charge is -2.08. The molecule has 2 radical (unpaired) electrons. The van der Waals surface area contributed by atoms with Crippen LogP contribution in [0.1, 0.15) is 11.3 Å². The predicted octanol–water partition coefficient (Wildman–Crippen LogP) is 1.20. The largest absolute Gasteiger partial charge is 0.433 e. The highest BCUT2D eigenvalue weighted by atomic mass is 19.4. The Morgan fingerprint density at radius 1 is 1.42 bits per heavy atom. The van der Waals surface area contributed by atoms with Crippen molar-refractivity contribution in [3.05, 3.63) is 23.5 Å². The van der Waals surface area contributed by atoms with Gasteiger partial charge in [-0.2, -0.15) is 13.2 Å². The number of pyridine rings is 1. The van der Waals surface area contributed by atoms with E-state index in [2.05, 4.69) is 4.98 Å². The predicted molar refractivity (Wildman–Crippen MR) is 39.4 cm³/mol. The highest BCUT2D eigenvalue weighted by molar-refractivity contribution is 6.32. The number of hydrogen-bond acceptors (Lipinski definition) is 1. The molecular formula is C7H5BF3N. The first-order chi connectivity index (χ1) is 5.41. The molecule has 1 nitrogen and oxygen atoms in total. The summed E-state index contributed by atoms with van der Waals surface area (Å²) in [4.78, 5) is 3.20. The lowest BCUT2D eigenvalue weighted by molar-refractivity contribution is -0.141. The van der Waals surface area contributed by atoms with Gasteiger partial charge in [-0.15, -0.1) is 0 Å². The second-order valence-electron chi connectivity index (χ2n) is 2.43. The fourth-order valence-electron chi connectivity index (χ4n) is 0.893. The summed E-state index contributed by atoms with van der Waals surface area (Å²) in [7, 11) is 5.24. The zero-order valence-electron chi connectivity index (χ0n) is 6.31. The molecule has 1 aromatic heterocycles. The van der Waals surface area contributed by atoms with Crippen LogP contribution in [0.25, 0.3) is 0 Å². The van der Waals surface area contributed by atoms with Gasteiger partial charge in [-0.1, -0.05) is 11.5 Å². The van der Waals surface area contributed by atoms with Gasteiger partial charge in [0.05, 0.1) is 0 Å². The summed E-state index contributed by atoms with van der Waals surface area (Å²) in [6.07, 6.45) is -3.40. The first-order valence-corrected chi connectivity index (χ1v) is 3.20. The van der Waals surface area contributed by atoms with Crippen LogP contribution in [0.4, 0.5) is 13.2 Å². The maximum absolute atomic E-state index is 12.1. The summed E-state index contributed by atoms with van der Waals surface area (Å²) in [5.41, 5.74) is -0.597. The maximum atomic E-state index is 12.1. The Kier molecular flexibility index (Phi) is 2.13. The van der Waals surface area contributed by atoms with E-state index in [0.717, 1.165) is 6.20 Å². The van der Waals surface area contributed by atoms with Crippen LogP contribution in [0, 0.1) is 6.92 Å². The Bertz CT molecular complexity index is 295. The quantitative estimate of drug-likeness (QED) is 0.534. The molecule has 0 amide bonds. The molecule has 62 valence electrons. The minimum Gasteiger partial charge on any atom is -0.252 e. The molecule has 0 aliphatic heterocycles. The summed E-state index contributed by atoms with van der Waals surface area (Å²) < 4.78 is 36.2. The fraction of sp³-hybridized carbons (Fsp3) is 0.286. The van der Waals surface area contributed by atoms with Crippen LogP contribution in [-0.2, 0) is 6.18 Å². The van der Waals surface area contributed by atoms with Crippen molar-refractivity contribution in [2.45, 2.75) is 13.1 Å². The van der Waals surface area contributed by atoms with Gasteiger partial charge >= 0.3 is 6.18 Å². The second kappa shape index (κ2) is 2.81. The number of rotatable bonds is 0. The molecule has 12 heavy (non-hydrogen) atoms. The van der Waals surface area contributed by atoms with Crippen LogP contribution in [-0.4, -0.2) is 12.8 Å². The first-order valence-electron chi connectivity index (χ1n) is 3.20. The molecule has 0 unspecified atom stereocenters. The van der Waals surface area contributed by atoms with Crippen LogP contribution >= 0.6 is 0 Å². The third kappa shape index (κ3) is 1.78. The third-order valence-corrected chi connectivity index (χ3v) is 1.37. The molecule has 5 heteroatoms. The van der Waals surface area contributed by atoms with Crippen molar-refractivity contribution in [1.82, 2.24) is 4.98 Å². The molecule has 0 bridgehead atoms. The molecular weight excluding hydrogens is 166 g/mol. The van der Waals surface area contributed by atoms with E-state index in [-0.39, 0.29) is 11.0 Å². The Balaban J connectivity index is 3.19. The number of aromatic nitrogens is 1. The van der Waals surface area contributed by atoms with E-state index in [1.54, 1.807) is 0 Å². The number of nitrogens with zero attached hydrogens (tertiary/aromatic N) is 1.